The van der Waals surface area contributed by atoms with Gasteiger partial charge in [0.05, 0.1) is 59.5 Å². The normalized spacial score (nSPS) is 33.2. The third-order valence-electron chi connectivity index (χ3n) is 3.18. The molecule has 6 nitrogen and oxygen atoms in total. The van der Waals surface area contributed by atoms with E-state index in [1.807, 2.05) is 0 Å². The van der Waals surface area contributed by atoms with Crippen LogP contribution in [0, 0.1) is 5.92 Å². The zero-order valence-electron chi connectivity index (χ0n) is 11.1. The first kappa shape index (κ1) is 13.7. The minimum absolute atomic E-state index is 0.260. The minimum atomic E-state index is 0.260. The molecule has 3 atom stereocenters. The molecule has 0 N–H and O–H groups in total. The number of hydrogen-bond donors (Lipinski definition) is 0. The molecule has 3 unspecified atom stereocenters. The van der Waals surface area contributed by atoms with Crippen LogP contribution in [0.5, 0.6) is 0 Å². The first-order chi connectivity index (χ1) is 9.40. The lowest BCUT2D eigenvalue weighted by Gasteiger charge is -2.17. The lowest BCUT2D eigenvalue weighted by Crippen LogP contribution is -2.24. The van der Waals surface area contributed by atoms with Gasteiger partial charge in [0.25, 0.3) is 0 Å². The summed E-state index contributed by atoms with van der Waals surface area (Å²) in [6, 6.07) is 0. The standard InChI is InChI=1S/C13H22O6/c1(14-4-11-7-17-11)10(2-15-5-12-8-18-12)3-16-6-13-9-19-13/h10-13H,1-9H2. The molecule has 0 amide bonds. The van der Waals surface area contributed by atoms with Crippen LogP contribution in [-0.4, -0.2) is 77.8 Å². The third-order valence-corrected chi connectivity index (χ3v) is 3.18. The van der Waals surface area contributed by atoms with Crippen molar-refractivity contribution in [1.82, 2.24) is 0 Å². The summed E-state index contributed by atoms with van der Waals surface area (Å²) in [5.41, 5.74) is 0. The molecular weight excluding hydrogens is 252 g/mol. The Kier molecular flexibility index (Phi) is 5.03. The molecule has 0 aromatic rings. The summed E-state index contributed by atoms with van der Waals surface area (Å²) in [7, 11) is 0. The Hall–Kier alpha value is -0.240. The van der Waals surface area contributed by atoms with Crippen LogP contribution in [-0.2, 0) is 28.4 Å². The van der Waals surface area contributed by atoms with Crippen molar-refractivity contribution in [3.05, 3.63) is 0 Å². The highest BCUT2D eigenvalue weighted by molar-refractivity contribution is 4.71. The Labute approximate surface area is 113 Å². The molecule has 6 heteroatoms. The molecule has 3 rings (SSSR count). The third kappa shape index (κ3) is 6.16. The van der Waals surface area contributed by atoms with Gasteiger partial charge in [-0.25, -0.2) is 0 Å². The van der Waals surface area contributed by atoms with Gasteiger partial charge in [0.2, 0.25) is 0 Å². The maximum atomic E-state index is 5.62. The number of epoxide rings is 3. The van der Waals surface area contributed by atoms with Crippen LogP contribution in [0.4, 0.5) is 0 Å². The van der Waals surface area contributed by atoms with Crippen molar-refractivity contribution in [2.45, 2.75) is 18.3 Å². The Bertz CT molecular complexity index is 219. The van der Waals surface area contributed by atoms with E-state index in [1.54, 1.807) is 0 Å². The highest BCUT2D eigenvalue weighted by Crippen LogP contribution is 2.13. The van der Waals surface area contributed by atoms with E-state index < -0.39 is 0 Å². The largest absolute Gasteiger partial charge is 0.378 e. The fraction of sp³-hybridized carbons (Fsp3) is 1.00. The summed E-state index contributed by atoms with van der Waals surface area (Å²) in [5.74, 6) is 0.260. The van der Waals surface area contributed by atoms with Crippen molar-refractivity contribution < 1.29 is 28.4 Å². The summed E-state index contributed by atoms with van der Waals surface area (Å²) >= 11 is 0. The van der Waals surface area contributed by atoms with E-state index in [1.165, 1.54) is 0 Å². The summed E-state index contributed by atoms with van der Waals surface area (Å²) in [4.78, 5) is 0. The van der Waals surface area contributed by atoms with Gasteiger partial charge >= 0.3 is 0 Å². The number of ether oxygens (including phenoxy) is 6. The van der Waals surface area contributed by atoms with Crippen LogP contribution in [0.3, 0.4) is 0 Å². The predicted octanol–water partition coefficient (Wildman–Crippen LogP) is -0.151. The molecule has 0 saturated carbocycles. The van der Waals surface area contributed by atoms with Crippen LogP contribution in [0.2, 0.25) is 0 Å². The Morgan fingerprint density at radius 1 is 0.684 bits per heavy atom. The Morgan fingerprint density at radius 2 is 1.00 bits per heavy atom. The van der Waals surface area contributed by atoms with E-state index in [9.17, 15) is 0 Å². The van der Waals surface area contributed by atoms with Gasteiger partial charge in [0, 0.05) is 5.92 Å². The summed E-state index contributed by atoms with van der Waals surface area (Å²) in [6.45, 7) is 6.46. The van der Waals surface area contributed by atoms with Gasteiger partial charge in [0.15, 0.2) is 0 Å². The molecule has 110 valence electrons. The lowest BCUT2D eigenvalue weighted by molar-refractivity contribution is -0.0132. The smallest absolute Gasteiger partial charge is 0.104 e. The monoisotopic (exact) mass is 274 g/mol. The molecule has 0 radical (unpaired) electrons. The molecule has 3 saturated heterocycles. The molecule has 19 heavy (non-hydrogen) atoms. The summed E-state index contributed by atoms with van der Waals surface area (Å²) in [6.07, 6.45) is 0.923. The lowest BCUT2D eigenvalue weighted by atomic mass is 10.2. The van der Waals surface area contributed by atoms with Crippen LogP contribution in [0.1, 0.15) is 0 Å². The molecule has 3 aliphatic heterocycles. The second-order valence-corrected chi connectivity index (χ2v) is 5.34. The van der Waals surface area contributed by atoms with Gasteiger partial charge in [-0.15, -0.1) is 0 Å². The fourth-order valence-electron chi connectivity index (χ4n) is 1.74. The van der Waals surface area contributed by atoms with Crippen LogP contribution >= 0.6 is 0 Å². The zero-order chi connectivity index (χ0) is 12.9. The topological polar surface area (TPSA) is 65.3 Å². The van der Waals surface area contributed by atoms with E-state index in [-0.39, 0.29) is 5.92 Å². The van der Waals surface area contributed by atoms with Crippen molar-refractivity contribution >= 4 is 0 Å². The van der Waals surface area contributed by atoms with E-state index >= 15 is 0 Å². The van der Waals surface area contributed by atoms with E-state index in [0.717, 1.165) is 19.8 Å². The van der Waals surface area contributed by atoms with Gasteiger partial charge in [-0.2, -0.15) is 0 Å². The molecule has 0 aromatic carbocycles. The number of hydrogen-bond acceptors (Lipinski definition) is 6. The van der Waals surface area contributed by atoms with Gasteiger partial charge < -0.3 is 28.4 Å². The summed E-state index contributed by atoms with van der Waals surface area (Å²) in [5, 5.41) is 0. The maximum Gasteiger partial charge on any atom is 0.104 e. The SMILES string of the molecule is C(OCC1CO1)C(COCC1CO1)COCC1CO1. The molecule has 0 aliphatic carbocycles. The Morgan fingerprint density at radius 3 is 1.26 bits per heavy atom. The summed E-state index contributed by atoms with van der Waals surface area (Å²) < 4.78 is 32.2. The highest BCUT2D eigenvalue weighted by Gasteiger charge is 2.26. The van der Waals surface area contributed by atoms with Crippen molar-refractivity contribution in [2.24, 2.45) is 5.92 Å². The van der Waals surface area contributed by atoms with Gasteiger partial charge in [-0.1, -0.05) is 0 Å². The second kappa shape index (κ2) is 6.97. The average Bonchev–Trinajstić information content (AvgIpc) is 3.26. The van der Waals surface area contributed by atoms with Crippen LogP contribution < -0.4 is 0 Å². The predicted molar refractivity (Wildman–Crippen MR) is 65.2 cm³/mol. The molecule has 3 aliphatic rings. The van der Waals surface area contributed by atoms with Gasteiger partial charge in [-0.3, -0.25) is 0 Å². The van der Waals surface area contributed by atoms with Crippen LogP contribution in [0.25, 0.3) is 0 Å². The molecule has 3 heterocycles. The van der Waals surface area contributed by atoms with Crippen molar-refractivity contribution in [3.8, 4) is 0 Å². The highest BCUT2D eigenvalue weighted by atomic mass is 16.6. The quantitative estimate of drug-likeness (QED) is 0.461. The van der Waals surface area contributed by atoms with Crippen molar-refractivity contribution in [3.63, 3.8) is 0 Å². The Balaban J connectivity index is 1.26. The number of rotatable bonds is 12. The first-order valence-corrected chi connectivity index (χ1v) is 6.98. The minimum Gasteiger partial charge on any atom is -0.378 e. The van der Waals surface area contributed by atoms with Crippen molar-refractivity contribution in [2.75, 3.05) is 59.5 Å². The average molecular weight is 274 g/mol. The van der Waals surface area contributed by atoms with Crippen LogP contribution in [0.15, 0.2) is 0 Å². The first-order valence-electron chi connectivity index (χ1n) is 6.98. The van der Waals surface area contributed by atoms with E-state index in [2.05, 4.69) is 0 Å². The molecule has 0 aromatic heterocycles. The van der Waals surface area contributed by atoms with Gasteiger partial charge in [-0.05, 0) is 0 Å². The van der Waals surface area contributed by atoms with E-state index in [0.29, 0.717) is 58.0 Å². The molecule has 0 spiro atoms. The fourth-order valence-corrected chi connectivity index (χ4v) is 1.74. The molecule has 0 bridgehead atoms. The molecule has 3 fully saturated rings. The van der Waals surface area contributed by atoms with E-state index in [4.69, 9.17) is 28.4 Å². The zero-order valence-corrected chi connectivity index (χ0v) is 11.1. The van der Waals surface area contributed by atoms with Gasteiger partial charge in [0.1, 0.15) is 18.3 Å². The molecular formula is C13H22O6. The van der Waals surface area contributed by atoms with Crippen molar-refractivity contribution in [1.29, 1.82) is 0 Å². The maximum absolute atomic E-state index is 5.62. The second-order valence-electron chi connectivity index (χ2n) is 5.34.